The summed E-state index contributed by atoms with van der Waals surface area (Å²) in [7, 11) is 2.60. The number of ether oxygens (including phenoxy) is 2. The Morgan fingerprint density at radius 3 is 1.84 bits per heavy atom. The van der Waals surface area contributed by atoms with Crippen molar-refractivity contribution in [2.45, 2.75) is 115 Å². The van der Waals surface area contributed by atoms with Crippen LogP contribution in [0.4, 0.5) is 9.59 Å². The second-order valence-electron chi connectivity index (χ2n) is 18.4. The molecule has 6 atom stereocenters. The van der Waals surface area contributed by atoms with Gasteiger partial charge in [0.25, 0.3) is 0 Å². The van der Waals surface area contributed by atoms with E-state index >= 15 is 0 Å². The van der Waals surface area contributed by atoms with Crippen molar-refractivity contribution in [3.63, 3.8) is 0 Å². The number of carbonyl (C=O) groups is 4. The van der Waals surface area contributed by atoms with E-state index < -0.39 is 24.3 Å². The first-order valence-corrected chi connectivity index (χ1v) is 22.5. The van der Waals surface area contributed by atoms with Gasteiger partial charge in [0.1, 0.15) is 17.9 Å². The number of aromatic amines is 1. The minimum absolute atomic E-state index is 0.0914. The molecule has 330 valence electrons. The highest BCUT2D eigenvalue weighted by atomic mass is 16.5. The SMILES string of the molecule is COC(=O)N[C@H](C(=O)N1CCC[C@H]1C1=NC=C(c2ccc(-c3nnc(-c4ccc5nc([C@@H]6CCCN6C(=O)[C@@H](NC(=O)OC)C(C)C)[nH]c5c4)c4c3C3CCC4C3)cc2)C1)C(C)C. The van der Waals surface area contributed by atoms with E-state index in [1.54, 1.807) is 0 Å². The molecule has 2 unspecified atom stereocenters. The van der Waals surface area contributed by atoms with Gasteiger partial charge in [-0.25, -0.2) is 14.6 Å². The van der Waals surface area contributed by atoms with E-state index in [0.29, 0.717) is 31.3 Å². The number of aromatic nitrogens is 4. The van der Waals surface area contributed by atoms with Crippen molar-refractivity contribution >= 4 is 46.3 Å². The summed E-state index contributed by atoms with van der Waals surface area (Å²) in [6.07, 6.45) is 8.09. The maximum atomic E-state index is 13.8. The molecule has 3 fully saturated rings. The Morgan fingerprint density at radius 2 is 1.25 bits per heavy atom. The molecule has 3 N–H and O–H groups in total. The van der Waals surface area contributed by atoms with Crippen LogP contribution in [-0.2, 0) is 19.1 Å². The van der Waals surface area contributed by atoms with Gasteiger partial charge in [-0.3, -0.25) is 14.6 Å². The molecule has 4 amide bonds. The van der Waals surface area contributed by atoms with Crippen LogP contribution >= 0.6 is 0 Å². The van der Waals surface area contributed by atoms with Crippen LogP contribution in [0.2, 0.25) is 0 Å². The molecule has 5 aliphatic rings. The van der Waals surface area contributed by atoms with Crippen molar-refractivity contribution in [2.75, 3.05) is 27.3 Å². The molecular weight excluding hydrogens is 799 g/mol. The van der Waals surface area contributed by atoms with Gasteiger partial charge in [0.05, 0.1) is 48.7 Å². The van der Waals surface area contributed by atoms with Crippen LogP contribution in [0, 0.1) is 11.8 Å². The van der Waals surface area contributed by atoms with E-state index in [0.717, 1.165) is 101 Å². The van der Waals surface area contributed by atoms with Crippen LogP contribution < -0.4 is 10.6 Å². The zero-order valence-electron chi connectivity index (χ0n) is 36.9. The highest BCUT2D eigenvalue weighted by Gasteiger charge is 2.43. The number of nitrogens with zero attached hydrogens (tertiary/aromatic N) is 6. The fourth-order valence-corrected chi connectivity index (χ4v) is 10.7. The second-order valence-corrected chi connectivity index (χ2v) is 18.4. The van der Waals surface area contributed by atoms with Crippen LogP contribution in [0.25, 0.3) is 39.1 Å². The number of methoxy groups -OCH3 is 2. The van der Waals surface area contributed by atoms with E-state index in [1.807, 2.05) is 49.8 Å². The number of fused-ring (bicyclic) bond motifs is 6. The molecule has 2 aliphatic carbocycles. The molecule has 0 spiro atoms. The van der Waals surface area contributed by atoms with E-state index in [1.165, 1.54) is 25.3 Å². The Balaban J connectivity index is 0.923. The molecule has 9 rings (SSSR count). The largest absolute Gasteiger partial charge is 0.453 e. The number of benzene rings is 2. The van der Waals surface area contributed by atoms with Crippen molar-refractivity contribution in [1.82, 2.24) is 40.6 Å². The Morgan fingerprint density at radius 1 is 0.714 bits per heavy atom. The maximum Gasteiger partial charge on any atom is 0.407 e. The summed E-state index contributed by atoms with van der Waals surface area (Å²) in [6, 6.07) is 13.1. The molecule has 2 aromatic carbocycles. The van der Waals surface area contributed by atoms with Gasteiger partial charge in [-0.15, -0.1) is 10.2 Å². The summed E-state index contributed by atoms with van der Waals surface area (Å²) in [5.74, 6) is 1.16. The zero-order chi connectivity index (χ0) is 44.1. The molecule has 63 heavy (non-hydrogen) atoms. The molecule has 3 aliphatic heterocycles. The van der Waals surface area contributed by atoms with Gasteiger partial charge in [0.2, 0.25) is 11.8 Å². The number of likely N-dealkylation sites (tertiary alicyclic amines) is 2. The average Bonchev–Trinajstić information content (AvgIpc) is 4.16. The molecule has 15 heteroatoms. The highest BCUT2D eigenvalue weighted by molar-refractivity contribution is 6.04. The van der Waals surface area contributed by atoms with Crippen molar-refractivity contribution < 1.29 is 28.7 Å². The van der Waals surface area contributed by atoms with Gasteiger partial charge >= 0.3 is 12.2 Å². The number of alkyl carbamates (subject to hydrolysis) is 2. The normalized spacial score (nSPS) is 22.3. The number of H-pyrrole nitrogens is 1. The average molecular weight is 856 g/mol. The lowest BCUT2D eigenvalue weighted by Crippen LogP contribution is -2.53. The number of carbonyl (C=O) groups excluding carboxylic acids is 4. The van der Waals surface area contributed by atoms with Crippen LogP contribution in [-0.4, -0.2) is 105 Å². The van der Waals surface area contributed by atoms with Gasteiger partial charge in [0.15, 0.2) is 0 Å². The van der Waals surface area contributed by atoms with E-state index in [9.17, 15) is 19.2 Å². The molecular formula is C48H57N9O6. The first kappa shape index (κ1) is 42.2. The van der Waals surface area contributed by atoms with E-state index in [4.69, 9.17) is 29.6 Å². The van der Waals surface area contributed by atoms with Crippen LogP contribution in [0.1, 0.15) is 119 Å². The number of nitrogens with one attached hydrogen (secondary N) is 3. The lowest BCUT2D eigenvalue weighted by atomic mass is 9.86. The fraction of sp³-hybridized carbons (Fsp3) is 0.500. The minimum Gasteiger partial charge on any atom is -0.453 e. The van der Waals surface area contributed by atoms with Crippen molar-refractivity contribution in [1.29, 1.82) is 0 Å². The summed E-state index contributed by atoms with van der Waals surface area (Å²) < 4.78 is 9.61. The van der Waals surface area contributed by atoms with Gasteiger partial charge in [-0.05, 0) is 103 Å². The van der Waals surface area contributed by atoms with Crippen molar-refractivity contribution in [2.24, 2.45) is 16.8 Å². The quantitative estimate of drug-likeness (QED) is 0.136. The third-order valence-electron chi connectivity index (χ3n) is 13.9. The van der Waals surface area contributed by atoms with Crippen molar-refractivity contribution in [3.8, 4) is 22.5 Å². The number of rotatable bonds is 11. The lowest BCUT2D eigenvalue weighted by molar-refractivity contribution is -0.135. The first-order valence-electron chi connectivity index (χ1n) is 22.5. The Hall–Kier alpha value is -6.12. The van der Waals surface area contributed by atoms with Gasteiger partial charge in [-0.2, -0.15) is 0 Å². The molecule has 2 saturated heterocycles. The van der Waals surface area contributed by atoms with Crippen LogP contribution in [0.15, 0.2) is 53.7 Å². The third kappa shape index (κ3) is 7.84. The summed E-state index contributed by atoms with van der Waals surface area (Å²) in [6.45, 7) is 8.89. The number of imidazole rings is 1. The van der Waals surface area contributed by atoms with Gasteiger partial charge in [-0.1, -0.05) is 58.0 Å². The summed E-state index contributed by atoms with van der Waals surface area (Å²) in [5, 5.41) is 15.4. The third-order valence-corrected chi connectivity index (χ3v) is 13.9. The molecule has 2 bridgehead atoms. The Labute approximate surface area is 367 Å². The van der Waals surface area contributed by atoms with Crippen LogP contribution in [0.3, 0.4) is 0 Å². The smallest absolute Gasteiger partial charge is 0.407 e. The monoisotopic (exact) mass is 855 g/mol. The summed E-state index contributed by atoms with van der Waals surface area (Å²) in [5.41, 5.74) is 11.4. The lowest BCUT2D eigenvalue weighted by Gasteiger charge is -2.31. The van der Waals surface area contributed by atoms with Gasteiger partial charge < -0.3 is 34.9 Å². The molecule has 5 heterocycles. The predicted molar refractivity (Wildman–Crippen MR) is 239 cm³/mol. The molecule has 2 aromatic heterocycles. The number of aliphatic imine (C=N–C) groups is 1. The fourth-order valence-electron chi connectivity index (χ4n) is 10.7. The molecule has 15 nitrogen and oxygen atoms in total. The second kappa shape index (κ2) is 17.2. The van der Waals surface area contributed by atoms with Crippen molar-refractivity contribution in [3.05, 3.63) is 71.2 Å². The summed E-state index contributed by atoms with van der Waals surface area (Å²) in [4.78, 5) is 68.7. The molecule has 4 aromatic rings. The number of amides is 4. The highest BCUT2D eigenvalue weighted by Crippen LogP contribution is 2.57. The molecule has 0 radical (unpaired) electrons. The number of hydrogen-bond acceptors (Lipinski definition) is 10. The number of hydrogen-bond donors (Lipinski definition) is 3. The first-order chi connectivity index (χ1) is 30.4. The zero-order valence-corrected chi connectivity index (χ0v) is 36.9. The van der Waals surface area contributed by atoms with E-state index in [2.05, 4.69) is 52.0 Å². The van der Waals surface area contributed by atoms with E-state index in [-0.39, 0.29) is 35.7 Å². The topological polar surface area (TPSA) is 184 Å². The maximum absolute atomic E-state index is 13.8. The standard InChI is InChI=1S/C48H57N9O6/c1-25(2)40(52-47(60)62-5)45(58)56-19-7-9-36(56)35-23-32(24-49-35)27-11-13-28(14-12-27)42-38-29-15-16-30(21-29)39(38)43(55-54-42)31-17-18-33-34(22-31)51-44(50-33)37-10-8-20-57(37)46(59)41(26(3)4)53-48(61)63-6/h11-14,17-18,22,24-26,29-30,36-37,40-41H,7-10,15-16,19-21,23H2,1-6H3,(H,50,51)(H,52,60)(H,53,61)/t29?,30?,36-,37-,40-,41-/m0/s1. The minimum atomic E-state index is -0.699. The molecule has 1 saturated carbocycles. The van der Waals surface area contributed by atoms with Gasteiger partial charge in [0, 0.05) is 42.5 Å². The number of allylic oxidation sites excluding steroid dienone is 1. The van der Waals surface area contributed by atoms with Crippen LogP contribution in [0.5, 0.6) is 0 Å². The summed E-state index contributed by atoms with van der Waals surface area (Å²) >= 11 is 0. The Bertz CT molecular complexity index is 2510. The predicted octanol–water partition coefficient (Wildman–Crippen LogP) is 7.65. The Kier molecular flexibility index (Phi) is 11.5.